The number of nitrogens with zero attached hydrogens (tertiary/aromatic N) is 1. The zero-order valence-electron chi connectivity index (χ0n) is 15.3. The molecule has 3 rings (SSSR count). The maximum absolute atomic E-state index is 13.0. The first-order chi connectivity index (χ1) is 12.5. The van der Waals surface area contributed by atoms with Gasteiger partial charge in [-0.15, -0.1) is 0 Å². The highest BCUT2D eigenvalue weighted by atomic mass is 19.4. The molecular formula is C20H24F3NO3. The van der Waals surface area contributed by atoms with Gasteiger partial charge in [-0.05, 0) is 68.9 Å². The summed E-state index contributed by atoms with van der Waals surface area (Å²) < 4.78 is 41.4. The number of rotatable bonds is 4. The quantitative estimate of drug-likeness (QED) is 0.792. The van der Waals surface area contributed by atoms with Crippen LogP contribution in [0.4, 0.5) is 18.9 Å². The summed E-state index contributed by atoms with van der Waals surface area (Å²) in [6.45, 7) is 4.89. The van der Waals surface area contributed by atoms with Crippen LogP contribution >= 0.6 is 0 Å². The third-order valence-corrected chi connectivity index (χ3v) is 5.89. The van der Waals surface area contributed by atoms with Crippen molar-refractivity contribution < 1.29 is 27.8 Å². The molecule has 0 atom stereocenters. The Bertz CT molecular complexity index is 719. The summed E-state index contributed by atoms with van der Waals surface area (Å²) in [5.74, 6) is 0.136. The molecule has 4 nitrogen and oxygen atoms in total. The maximum atomic E-state index is 13.0. The van der Waals surface area contributed by atoms with E-state index >= 15 is 0 Å². The van der Waals surface area contributed by atoms with Crippen LogP contribution in [0.2, 0.25) is 0 Å². The van der Waals surface area contributed by atoms with E-state index in [1.807, 2.05) is 6.92 Å². The van der Waals surface area contributed by atoms with Crippen molar-refractivity contribution >= 4 is 11.6 Å². The van der Waals surface area contributed by atoms with Crippen LogP contribution in [0.25, 0.3) is 0 Å². The molecule has 0 unspecified atom stereocenters. The van der Waals surface area contributed by atoms with Gasteiger partial charge < -0.3 is 14.7 Å². The third kappa shape index (κ3) is 3.98. The third-order valence-electron chi connectivity index (χ3n) is 5.89. The average molecular weight is 383 g/mol. The van der Waals surface area contributed by atoms with Crippen LogP contribution in [0, 0.1) is 5.41 Å². The number of amides is 1. The lowest BCUT2D eigenvalue weighted by molar-refractivity contribution is -0.153. The van der Waals surface area contributed by atoms with Crippen molar-refractivity contribution in [3.8, 4) is 5.75 Å². The lowest BCUT2D eigenvalue weighted by Crippen LogP contribution is -2.43. The molecule has 1 saturated heterocycles. The van der Waals surface area contributed by atoms with Crippen molar-refractivity contribution in [2.75, 3.05) is 18.1 Å². The predicted molar refractivity (Wildman–Crippen MR) is 95.6 cm³/mol. The molecule has 2 aliphatic rings. The molecule has 1 heterocycles. The molecule has 1 aliphatic heterocycles. The Kier molecular flexibility index (Phi) is 5.01. The summed E-state index contributed by atoms with van der Waals surface area (Å²) in [6, 6.07) is 6.10. The Labute approximate surface area is 156 Å². The number of anilines is 1. The van der Waals surface area contributed by atoms with Crippen LogP contribution in [-0.4, -0.2) is 35.9 Å². The van der Waals surface area contributed by atoms with Gasteiger partial charge in [-0.1, -0.05) is 6.58 Å². The van der Waals surface area contributed by atoms with Crippen molar-refractivity contribution in [3.05, 3.63) is 36.4 Å². The number of hydrogen-bond donors (Lipinski definition) is 1. The Morgan fingerprint density at radius 3 is 2.30 bits per heavy atom. The lowest BCUT2D eigenvalue weighted by Gasteiger charge is -2.41. The topological polar surface area (TPSA) is 49.8 Å². The van der Waals surface area contributed by atoms with Crippen LogP contribution in [0.1, 0.15) is 39.0 Å². The number of carbonyl (C=O) groups excluding carboxylic acids is 1. The number of ether oxygens (including phenoxy) is 1. The van der Waals surface area contributed by atoms with Gasteiger partial charge in [0.2, 0.25) is 5.91 Å². The predicted octanol–water partition coefficient (Wildman–Crippen LogP) is 4.23. The second-order valence-electron chi connectivity index (χ2n) is 7.70. The molecule has 1 N–H and O–H groups in total. The molecule has 2 fully saturated rings. The van der Waals surface area contributed by atoms with Gasteiger partial charge in [0, 0.05) is 12.2 Å². The first kappa shape index (κ1) is 19.7. The van der Waals surface area contributed by atoms with E-state index < -0.39 is 23.8 Å². The van der Waals surface area contributed by atoms with Crippen molar-refractivity contribution in [2.45, 2.75) is 50.8 Å². The molecule has 1 saturated carbocycles. The van der Waals surface area contributed by atoms with E-state index in [1.165, 1.54) is 12.1 Å². The number of carbonyl (C=O) groups is 1. The molecule has 1 amide bonds. The van der Waals surface area contributed by atoms with E-state index in [0.717, 1.165) is 5.57 Å². The van der Waals surface area contributed by atoms with Gasteiger partial charge in [0.15, 0.2) is 6.61 Å². The van der Waals surface area contributed by atoms with Crippen LogP contribution in [0.3, 0.4) is 0 Å². The van der Waals surface area contributed by atoms with E-state index in [-0.39, 0.29) is 11.7 Å². The highest BCUT2D eigenvalue weighted by Crippen LogP contribution is 2.50. The van der Waals surface area contributed by atoms with Crippen molar-refractivity contribution in [3.63, 3.8) is 0 Å². The largest absolute Gasteiger partial charge is 0.484 e. The van der Waals surface area contributed by atoms with Crippen LogP contribution < -0.4 is 9.64 Å². The fourth-order valence-electron chi connectivity index (χ4n) is 3.99. The summed E-state index contributed by atoms with van der Waals surface area (Å²) in [6.07, 6.45) is -1.41. The molecule has 1 aromatic carbocycles. The van der Waals surface area contributed by atoms with E-state index in [0.29, 0.717) is 44.3 Å². The fraction of sp³-hybridized carbons (Fsp3) is 0.550. The molecule has 0 bridgehead atoms. The maximum Gasteiger partial charge on any atom is 0.422 e. The molecule has 27 heavy (non-hydrogen) atoms. The number of hydrogen-bond acceptors (Lipinski definition) is 3. The highest BCUT2D eigenvalue weighted by molar-refractivity contribution is 6.00. The highest BCUT2D eigenvalue weighted by Gasteiger charge is 2.51. The molecule has 1 aromatic rings. The number of aliphatic hydroxyl groups is 1. The Balaban J connectivity index is 1.66. The number of halogens is 3. The standard InChI is InChI=1S/C20H24F3NO3/c1-14(2)19(26)9-7-18(8-10-19)11-12-24(17(18)25)15-3-5-16(6-4-15)27-13-20(21,22)23/h3-6,26H,1,7-13H2,2H3/t18-,19+. The molecule has 1 spiro atoms. The molecule has 0 aromatic heterocycles. The summed E-state index contributed by atoms with van der Waals surface area (Å²) in [5, 5.41) is 10.6. The van der Waals surface area contributed by atoms with Gasteiger partial charge in [0.25, 0.3) is 0 Å². The molecule has 7 heteroatoms. The summed E-state index contributed by atoms with van der Waals surface area (Å²) in [5.41, 5.74) is 0.0230. The zero-order chi connectivity index (χ0) is 19.9. The Morgan fingerprint density at radius 2 is 1.78 bits per heavy atom. The normalized spacial score (nSPS) is 28.6. The van der Waals surface area contributed by atoms with E-state index in [4.69, 9.17) is 4.74 Å². The Morgan fingerprint density at radius 1 is 1.19 bits per heavy atom. The molecule has 0 radical (unpaired) electrons. The summed E-state index contributed by atoms with van der Waals surface area (Å²) in [4.78, 5) is 14.7. The van der Waals surface area contributed by atoms with E-state index in [9.17, 15) is 23.1 Å². The minimum absolute atomic E-state index is 0.0234. The molecular weight excluding hydrogens is 359 g/mol. The number of benzene rings is 1. The molecule has 148 valence electrons. The van der Waals surface area contributed by atoms with Gasteiger partial charge in [0.05, 0.1) is 11.0 Å². The monoisotopic (exact) mass is 383 g/mol. The van der Waals surface area contributed by atoms with Crippen LogP contribution in [0.15, 0.2) is 36.4 Å². The lowest BCUT2D eigenvalue weighted by atomic mass is 9.66. The van der Waals surface area contributed by atoms with Crippen molar-refractivity contribution in [2.24, 2.45) is 5.41 Å². The van der Waals surface area contributed by atoms with Crippen molar-refractivity contribution in [1.82, 2.24) is 0 Å². The van der Waals surface area contributed by atoms with Gasteiger partial charge in [0.1, 0.15) is 5.75 Å². The van der Waals surface area contributed by atoms with Gasteiger partial charge in [-0.25, -0.2) is 0 Å². The second-order valence-corrected chi connectivity index (χ2v) is 7.70. The minimum atomic E-state index is -4.39. The number of alkyl halides is 3. The van der Waals surface area contributed by atoms with Crippen LogP contribution in [0.5, 0.6) is 5.75 Å². The minimum Gasteiger partial charge on any atom is -0.484 e. The molecule has 1 aliphatic carbocycles. The van der Waals surface area contributed by atoms with Crippen LogP contribution in [-0.2, 0) is 4.79 Å². The second kappa shape index (κ2) is 6.86. The first-order valence-electron chi connectivity index (χ1n) is 9.05. The SMILES string of the molecule is C=C(C)[C@]1(O)CC[C@]2(CCN(c3ccc(OCC(F)(F)F)cc3)C2=O)CC1. The zero-order valence-corrected chi connectivity index (χ0v) is 15.3. The van der Waals surface area contributed by atoms with E-state index in [2.05, 4.69) is 6.58 Å². The Hall–Kier alpha value is -2.02. The van der Waals surface area contributed by atoms with E-state index in [1.54, 1.807) is 17.0 Å². The van der Waals surface area contributed by atoms with Gasteiger partial charge in [-0.2, -0.15) is 13.2 Å². The first-order valence-corrected chi connectivity index (χ1v) is 9.05. The fourth-order valence-corrected chi connectivity index (χ4v) is 3.99. The summed E-state index contributed by atoms with van der Waals surface area (Å²) >= 11 is 0. The van der Waals surface area contributed by atoms with Crippen molar-refractivity contribution in [1.29, 1.82) is 0 Å². The van der Waals surface area contributed by atoms with Gasteiger partial charge >= 0.3 is 6.18 Å². The average Bonchev–Trinajstić information content (AvgIpc) is 2.92. The smallest absolute Gasteiger partial charge is 0.422 e. The van der Waals surface area contributed by atoms with Gasteiger partial charge in [-0.3, -0.25) is 4.79 Å². The summed E-state index contributed by atoms with van der Waals surface area (Å²) in [7, 11) is 0.